The molecule has 0 saturated carbocycles. The monoisotopic (exact) mass is 386 g/mol. The van der Waals surface area contributed by atoms with Crippen LogP contribution in [0.4, 0.5) is 4.39 Å². The third kappa shape index (κ3) is 5.10. The molecule has 4 nitrogen and oxygen atoms in total. The Balaban J connectivity index is 1.60. The summed E-state index contributed by atoms with van der Waals surface area (Å²) in [5, 5.41) is 0.645. The summed E-state index contributed by atoms with van der Waals surface area (Å²) in [6, 6.07) is 13.9. The second-order valence-electron chi connectivity index (χ2n) is 6.23. The van der Waals surface area contributed by atoms with Crippen molar-refractivity contribution in [1.29, 1.82) is 0 Å². The molecule has 1 aliphatic heterocycles. The Morgan fingerprint density at radius 1 is 1.22 bits per heavy atom. The summed E-state index contributed by atoms with van der Waals surface area (Å²) < 4.78 is 19.4. The van der Waals surface area contributed by atoms with Gasteiger partial charge in [0.1, 0.15) is 11.6 Å². The summed E-state index contributed by atoms with van der Waals surface area (Å²) in [4.78, 5) is 18.9. The van der Waals surface area contributed by atoms with E-state index in [1.807, 2.05) is 18.2 Å². The van der Waals surface area contributed by atoms with Crippen LogP contribution in [-0.2, 0) is 5.75 Å². The van der Waals surface area contributed by atoms with Gasteiger partial charge in [0.2, 0.25) is 0 Å². The van der Waals surface area contributed by atoms with Gasteiger partial charge in [0.25, 0.3) is 5.91 Å². The van der Waals surface area contributed by atoms with E-state index in [9.17, 15) is 9.18 Å². The highest BCUT2D eigenvalue weighted by molar-refractivity contribution is 8.13. The van der Waals surface area contributed by atoms with Crippen LogP contribution in [0.3, 0.4) is 0 Å². The number of hydrogen-bond donors (Lipinski definition) is 0. The van der Waals surface area contributed by atoms with E-state index in [2.05, 4.69) is 11.9 Å². The number of halogens is 1. The van der Waals surface area contributed by atoms with E-state index < -0.39 is 0 Å². The van der Waals surface area contributed by atoms with E-state index in [1.165, 1.54) is 17.8 Å². The number of nitrogens with zero attached hydrogens (tertiary/aromatic N) is 2. The Hall–Kier alpha value is -2.34. The van der Waals surface area contributed by atoms with Crippen molar-refractivity contribution in [2.24, 2.45) is 4.99 Å². The Labute approximate surface area is 163 Å². The van der Waals surface area contributed by atoms with Crippen molar-refractivity contribution >= 4 is 22.8 Å². The number of aliphatic imine (C=N–C) groups is 1. The quantitative estimate of drug-likeness (QED) is 0.645. The zero-order valence-electron chi connectivity index (χ0n) is 15.4. The van der Waals surface area contributed by atoms with Gasteiger partial charge in [-0.05, 0) is 42.3 Å². The molecule has 0 N–H and O–H groups in total. The molecule has 0 aromatic heterocycles. The minimum absolute atomic E-state index is 0.0904. The average molecular weight is 386 g/mol. The number of benzene rings is 2. The molecule has 6 heteroatoms. The molecule has 0 fully saturated rings. The van der Waals surface area contributed by atoms with Gasteiger partial charge >= 0.3 is 0 Å². The van der Waals surface area contributed by atoms with Gasteiger partial charge in [-0.1, -0.05) is 43.3 Å². The van der Waals surface area contributed by atoms with E-state index in [0.717, 1.165) is 18.6 Å². The highest BCUT2D eigenvalue weighted by atomic mass is 32.2. The molecule has 3 rings (SSSR count). The third-order valence-electron chi connectivity index (χ3n) is 4.23. The van der Waals surface area contributed by atoms with Crippen LogP contribution < -0.4 is 4.74 Å². The molecular weight excluding hydrogens is 363 g/mol. The molecule has 27 heavy (non-hydrogen) atoms. The van der Waals surface area contributed by atoms with Gasteiger partial charge in [0.05, 0.1) is 13.2 Å². The largest absolute Gasteiger partial charge is 0.494 e. The summed E-state index contributed by atoms with van der Waals surface area (Å²) in [5.41, 5.74) is 1.21. The van der Waals surface area contributed by atoms with Crippen LogP contribution in [0.1, 0.15) is 35.7 Å². The van der Waals surface area contributed by atoms with E-state index >= 15 is 0 Å². The van der Waals surface area contributed by atoms with Gasteiger partial charge < -0.3 is 4.74 Å². The Kier molecular flexibility index (Phi) is 6.87. The minimum atomic E-state index is -0.236. The Bertz CT molecular complexity index is 808. The fraction of sp³-hybridized carbons (Fsp3) is 0.333. The molecular formula is C21H23FN2O2S. The fourth-order valence-corrected chi connectivity index (χ4v) is 3.71. The minimum Gasteiger partial charge on any atom is -0.494 e. The maximum Gasteiger partial charge on any atom is 0.259 e. The fourth-order valence-electron chi connectivity index (χ4n) is 2.68. The van der Waals surface area contributed by atoms with Gasteiger partial charge in [-0.15, -0.1) is 0 Å². The maximum absolute atomic E-state index is 13.8. The van der Waals surface area contributed by atoms with Crippen LogP contribution in [-0.4, -0.2) is 35.7 Å². The lowest BCUT2D eigenvalue weighted by Gasteiger charge is -2.18. The number of unbranched alkanes of at least 4 members (excludes halogenated alkanes) is 1. The number of rotatable bonds is 7. The van der Waals surface area contributed by atoms with Crippen LogP contribution in [0.5, 0.6) is 5.75 Å². The predicted molar refractivity (Wildman–Crippen MR) is 108 cm³/mol. The first-order chi connectivity index (χ1) is 13.2. The zero-order chi connectivity index (χ0) is 19.1. The lowest BCUT2D eigenvalue weighted by molar-refractivity contribution is 0.0860. The van der Waals surface area contributed by atoms with Crippen molar-refractivity contribution in [2.75, 3.05) is 19.7 Å². The number of amides is 1. The molecule has 1 heterocycles. The topological polar surface area (TPSA) is 41.9 Å². The van der Waals surface area contributed by atoms with Crippen LogP contribution >= 0.6 is 11.8 Å². The molecule has 0 spiro atoms. The van der Waals surface area contributed by atoms with Crippen LogP contribution in [0.15, 0.2) is 53.5 Å². The van der Waals surface area contributed by atoms with Gasteiger partial charge in [0, 0.05) is 17.9 Å². The highest BCUT2D eigenvalue weighted by Crippen LogP contribution is 2.23. The molecule has 1 aliphatic rings. The SMILES string of the molecule is CCCCOc1ccc(C(=O)N2CCN=C2SCc2ccccc2F)cc1. The molecule has 0 aliphatic carbocycles. The molecule has 0 bridgehead atoms. The van der Waals surface area contributed by atoms with E-state index in [4.69, 9.17) is 4.74 Å². The molecule has 2 aromatic carbocycles. The number of ether oxygens (including phenoxy) is 1. The van der Waals surface area contributed by atoms with Crippen LogP contribution in [0.25, 0.3) is 0 Å². The number of amidine groups is 1. The van der Waals surface area contributed by atoms with Crippen LogP contribution in [0, 0.1) is 5.82 Å². The number of carbonyl (C=O) groups excluding carboxylic acids is 1. The Morgan fingerprint density at radius 2 is 2.00 bits per heavy atom. The second kappa shape index (κ2) is 9.55. The van der Waals surface area contributed by atoms with Crippen LogP contribution in [0.2, 0.25) is 0 Å². The standard InChI is InChI=1S/C21H23FN2O2S/c1-2-3-14-26-18-10-8-16(9-11-18)20(25)24-13-12-23-21(24)27-15-17-6-4-5-7-19(17)22/h4-11H,2-3,12-15H2,1H3. The molecule has 1 amide bonds. The first kappa shape index (κ1) is 19.4. The summed E-state index contributed by atoms with van der Waals surface area (Å²) in [5.74, 6) is 0.885. The van der Waals surface area contributed by atoms with Crippen molar-refractivity contribution in [2.45, 2.75) is 25.5 Å². The van der Waals surface area contributed by atoms with E-state index in [1.54, 1.807) is 29.2 Å². The van der Waals surface area contributed by atoms with E-state index in [0.29, 0.717) is 41.7 Å². The average Bonchev–Trinajstić information content (AvgIpc) is 3.16. The summed E-state index contributed by atoms with van der Waals surface area (Å²) in [6.45, 7) is 3.92. The second-order valence-corrected chi connectivity index (χ2v) is 7.17. The lowest BCUT2D eigenvalue weighted by Crippen LogP contribution is -2.32. The van der Waals surface area contributed by atoms with Gasteiger partial charge in [-0.2, -0.15) is 0 Å². The van der Waals surface area contributed by atoms with Gasteiger partial charge in [-0.25, -0.2) is 4.39 Å². The smallest absolute Gasteiger partial charge is 0.259 e. The molecule has 0 unspecified atom stereocenters. The molecule has 0 saturated heterocycles. The zero-order valence-corrected chi connectivity index (χ0v) is 16.2. The van der Waals surface area contributed by atoms with Crippen molar-refractivity contribution in [3.8, 4) is 5.75 Å². The Morgan fingerprint density at radius 3 is 2.74 bits per heavy atom. The molecule has 142 valence electrons. The van der Waals surface area contributed by atoms with Crippen molar-refractivity contribution in [3.63, 3.8) is 0 Å². The normalized spacial score (nSPS) is 13.6. The third-order valence-corrected chi connectivity index (χ3v) is 5.29. The maximum atomic E-state index is 13.8. The van der Waals surface area contributed by atoms with Gasteiger partial charge in [0.15, 0.2) is 5.17 Å². The first-order valence-corrected chi connectivity index (χ1v) is 10.1. The van der Waals surface area contributed by atoms with Crippen molar-refractivity contribution < 1.29 is 13.9 Å². The van der Waals surface area contributed by atoms with Crippen molar-refractivity contribution in [1.82, 2.24) is 4.90 Å². The summed E-state index contributed by atoms with van der Waals surface area (Å²) in [6.07, 6.45) is 2.09. The lowest BCUT2D eigenvalue weighted by atomic mass is 10.2. The number of thioether (sulfide) groups is 1. The first-order valence-electron chi connectivity index (χ1n) is 9.14. The van der Waals surface area contributed by atoms with Gasteiger partial charge in [-0.3, -0.25) is 14.7 Å². The molecule has 0 atom stereocenters. The number of hydrogen-bond acceptors (Lipinski definition) is 4. The van der Waals surface area contributed by atoms with E-state index in [-0.39, 0.29) is 11.7 Å². The predicted octanol–water partition coefficient (Wildman–Crippen LogP) is 4.75. The highest BCUT2D eigenvalue weighted by Gasteiger charge is 2.25. The molecule has 2 aromatic rings. The molecule has 0 radical (unpaired) electrons. The van der Waals surface area contributed by atoms with Crippen molar-refractivity contribution in [3.05, 3.63) is 65.5 Å². The summed E-state index contributed by atoms with van der Waals surface area (Å²) in [7, 11) is 0. The number of carbonyl (C=O) groups is 1. The summed E-state index contributed by atoms with van der Waals surface area (Å²) >= 11 is 1.39.